The Morgan fingerprint density at radius 3 is 2.47 bits per heavy atom. The van der Waals surface area contributed by atoms with Crippen LogP contribution in [0.2, 0.25) is 0 Å². The number of hydrogen-bond acceptors (Lipinski definition) is 4. The van der Waals surface area contributed by atoms with Crippen LogP contribution in [0.5, 0.6) is 0 Å². The number of alkyl halides is 3. The molecule has 1 aromatic carbocycles. The quantitative estimate of drug-likeness (QED) is 0.619. The summed E-state index contributed by atoms with van der Waals surface area (Å²) in [4.78, 5) is 24.4. The van der Waals surface area contributed by atoms with Crippen LogP contribution in [-0.4, -0.2) is 28.1 Å². The van der Waals surface area contributed by atoms with Crippen molar-refractivity contribution in [3.8, 4) is 0 Å². The lowest BCUT2D eigenvalue weighted by molar-refractivity contribution is -0.138. The third-order valence-corrected chi connectivity index (χ3v) is 4.35. The number of rotatable bonds is 5. The second-order valence-electron chi connectivity index (χ2n) is 6.61. The smallest absolute Gasteiger partial charge is 0.418 e. The summed E-state index contributed by atoms with van der Waals surface area (Å²) < 4.78 is 46.3. The van der Waals surface area contributed by atoms with Gasteiger partial charge >= 0.3 is 18.0 Å². The molecule has 2 amide bonds. The van der Waals surface area contributed by atoms with E-state index in [1.807, 2.05) is 25.2 Å². The first-order chi connectivity index (χ1) is 14.2. The van der Waals surface area contributed by atoms with Gasteiger partial charge in [-0.05, 0) is 44.2 Å². The number of aryl methyl sites for hydroxylation is 2. The van der Waals surface area contributed by atoms with Gasteiger partial charge in [0.25, 0.3) is 0 Å². The molecule has 0 radical (unpaired) electrons. The minimum absolute atomic E-state index is 0.0529. The van der Waals surface area contributed by atoms with E-state index in [1.165, 1.54) is 18.4 Å². The van der Waals surface area contributed by atoms with Gasteiger partial charge in [-0.3, -0.25) is 14.3 Å². The first kappa shape index (κ1) is 21.2. The van der Waals surface area contributed by atoms with E-state index in [0.29, 0.717) is 5.76 Å². The standard InChI is InChI=1S/C20H19F3N4O3/c1-12-10-13(2)27(26-12)16(17-8-5-9-30-17)11-24-18(28)19(29)25-15-7-4-3-6-14(15)20(21,22)23/h3-10,16H,11H2,1-2H3,(H,24,28)(H,25,29). The highest BCUT2D eigenvalue weighted by molar-refractivity contribution is 6.39. The Hall–Kier alpha value is -3.56. The van der Waals surface area contributed by atoms with E-state index in [0.717, 1.165) is 23.5 Å². The Labute approximate surface area is 169 Å². The number of carbonyl (C=O) groups is 2. The van der Waals surface area contributed by atoms with Gasteiger partial charge in [-0.15, -0.1) is 0 Å². The summed E-state index contributed by atoms with van der Waals surface area (Å²) >= 11 is 0. The highest BCUT2D eigenvalue weighted by Crippen LogP contribution is 2.34. The van der Waals surface area contributed by atoms with Gasteiger partial charge in [0.2, 0.25) is 0 Å². The largest absolute Gasteiger partial charge is 0.467 e. The molecule has 0 fully saturated rings. The molecule has 0 aliphatic heterocycles. The van der Waals surface area contributed by atoms with Gasteiger partial charge in [0.1, 0.15) is 11.8 Å². The van der Waals surface area contributed by atoms with Crippen LogP contribution in [0.15, 0.2) is 53.1 Å². The Balaban J connectivity index is 1.72. The molecule has 0 spiro atoms. The Kier molecular flexibility index (Phi) is 5.95. The molecule has 2 N–H and O–H groups in total. The minimum Gasteiger partial charge on any atom is -0.467 e. The number of nitrogens with one attached hydrogen (secondary N) is 2. The summed E-state index contributed by atoms with van der Waals surface area (Å²) in [5.74, 6) is -1.78. The van der Waals surface area contributed by atoms with Crippen LogP contribution in [-0.2, 0) is 15.8 Å². The maximum Gasteiger partial charge on any atom is 0.418 e. The van der Waals surface area contributed by atoms with Crippen molar-refractivity contribution < 1.29 is 27.2 Å². The second kappa shape index (κ2) is 8.44. The molecule has 3 aromatic rings. The Morgan fingerprint density at radius 2 is 1.87 bits per heavy atom. The third kappa shape index (κ3) is 4.70. The fourth-order valence-electron chi connectivity index (χ4n) is 3.04. The summed E-state index contributed by atoms with van der Waals surface area (Å²) in [6.07, 6.45) is -3.20. The first-order valence-corrected chi connectivity index (χ1v) is 8.98. The van der Waals surface area contributed by atoms with Crippen LogP contribution in [0.3, 0.4) is 0 Å². The predicted molar refractivity (Wildman–Crippen MR) is 102 cm³/mol. The highest BCUT2D eigenvalue weighted by atomic mass is 19.4. The van der Waals surface area contributed by atoms with Gasteiger partial charge in [-0.1, -0.05) is 12.1 Å². The zero-order chi connectivity index (χ0) is 21.9. The number of halogens is 3. The van der Waals surface area contributed by atoms with Gasteiger partial charge in [-0.2, -0.15) is 18.3 Å². The van der Waals surface area contributed by atoms with Crippen LogP contribution in [0, 0.1) is 13.8 Å². The van der Waals surface area contributed by atoms with Crippen LogP contribution >= 0.6 is 0 Å². The number of para-hydroxylation sites is 1. The van der Waals surface area contributed by atoms with E-state index >= 15 is 0 Å². The molecule has 0 aliphatic rings. The monoisotopic (exact) mass is 420 g/mol. The lowest BCUT2D eigenvalue weighted by Gasteiger charge is -2.18. The average Bonchev–Trinajstić information content (AvgIpc) is 3.31. The van der Waals surface area contributed by atoms with Gasteiger partial charge in [-0.25, -0.2) is 0 Å². The van der Waals surface area contributed by atoms with Crippen LogP contribution in [0.25, 0.3) is 0 Å². The van der Waals surface area contributed by atoms with E-state index < -0.39 is 35.3 Å². The van der Waals surface area contributed by atoms with Crippen LogP contribution < -0.4 is 10.6 Å². The van der Waals surface area contributed by atoms with E-state index in [9.17, 15) is 22.8 Å². The van der Waals surface area contributed by atoms with Gasteiger partial charge < -0.3 is 15.1 Å². The molecule has 0 saturated carbocycles. The van der Waals surface area contributed by atoms with Crippen LogP contribution in [0.1, 0.15) is 28.8 Å². The topological polar surface area (TPSA) is 89.2 Å². The molecule has 3 rings (SSSR count). The fourth-order valence-corrected chi connectivity index (χ4v) is 3.04. The molecular formula is C20H19F3N4O3. The molecule has 1 atom stereocenters. The Morgan fingerprint density at radius 1 is 1.13 bits per heavy atom. The molecule has 7 nitrogen and oxygen atoms in total. The predicted octanol–water partition coefficient (Wildman–Crippen LogP) is 3.46. The molecule has 0 bridgehead atoms. The average molecular weight is 420 g/mol. The molecule has 30 heavy (non-hydrogen) atoms. The minimum atomic E-state index is -4.67. The molecule has 158 valence electrons. The van der Waals surface area contributed by atoms with Gasteiger partial charge in [0, 0.05) is 12.2 Å². The van der Waals surface area contributed by atoms with E-state index in [4.69, 9.17) is 4.42 Å². The summed E-state index contributed by atoms with van der Waals surface area (Å²) in [5, 5.41) is 8.82. The first-order valence-electron chi connectivity index (χ1n) is 8.98. The summed E-state index contributed by atoms with van der Waals surface area (Å²) in [7, 11) is 0. The van der Waals surface area contributed by atoms with E-state index in [-0.39, 0.29) is 6.54 Å². The molecule has 10 heteroatoms. The summed E-state index contributed by atoms with van der Waals surface area (Å²) in [5.41, 5.74) is 0.0390. The van der Waals surface area contributed by atoms with Crippen molar-refractivity contribution in [2.45, 2.75) is 26.1 Å². The lowest BCUT2D eigenvalue weighted by Crippen LogP contribution is -2.39. The van der Waals surface area contributed by atoms with E-state index in [1.54, 1.807) is 16.8 Å². The second-order valence-corrected chi connectivity index (χ2v) is 6.61. The SMILES string of the molecule is Cc1cc(C)n(C(CNC(=O)C(=O)Nc2ccccc2C(F)(F)F)c2ccco2)n1. The number of hydrogen-bond donors (Lipinski definition) is 2. The van der Waals surface area contributed by atoms with Crippen molar-refractivity contribution in [3.05, 3.63) is 71.4 Å². The van der Waals surface area contributed by atoms with Crippen molar-refractivity contribution in [1.82, 2.24) is 15.1 Å². The summed E-state index contributed by atoms with van der Waals surface area (Å²) in [6, 6.07) is 9.12. The lowest BCUT2D eigenvalue weighted by atomic mass is 10.1. The van der Waals surface area contributed by atoms with Crippen LogP contribution in [0.4, 0.5) is 18.9 Å². The number of benzene rings is 1. The Bertz CT molecular complexity index is 1040. The fraction of sp³-hybridized carbons (Fsp3) is 0.250. The maximum absolute atomic E-state index is 13.1. The normalized spacial score (nSPS) is 12.4. The number of anilines is 1. The molecular weight excluding hydrogens is 401 g/mol. The maximum atomic E-state index is 13.1. The van der Waals surface area contributed by atoms with Gasteiger partial charge in [0.15, 0.2) is 0 Å². The molecule has 2 aromatic heterocycles. The number of aromatic nitrogens is 2. The third-order valence-electron chi connectivity index (χ3n) is 4.35. The number of amides is 2. The molecule has 1 unspecified atom stereocenters. The zero-order valence-corrected chi connectivity index (χ0v) is 16.2. The van der Waals surface area contributed by atoms with Crippen molar-refractivity contribution in [1.29, 1.82) is 0 Å². The highest BCUT2D eigenvalue weighted by Gasteiger charge is 2.34. The van der Waals surface area contributed by atoms with Crippen molar-refractivity contribution >= 4 is 17.5 Å². The van der Waals surface area contributed by atoms with Crippen molar-refractivity contribution in [2.24, 2.45) is 0 Å². The summed E-state index contributed by atoms with van der Waals surface area (Å²) in [6.45, 7) is 3.59. The zero-order valence-electron chi connectivity index (χ0n) is 16.2. The molecule has 0 aliphatic carbocycles. The number of carbonyl (C=O) groups excluding carboxylic acids is 2. The van der Waals surface area contributed by atoms with Gasteiger partial charge in [0.05, 0.1) is 23.2 Å². The number of nitrogens with zero attached hydrogens (tertiary/aromatic N) is 2. The van der Waals surface area contributed by atoms with Crippen molar-refractivity contribution in [2.75, 3.05) is 11.9 Å². The molecule has 0 saturated heterocycles. The van der Waals surface area contributed by atoms with E-state index in [2.05, 4.69) is 10.4 Å². The van der Waals surface area contributed by atoms with Crippen molar-refractivity contribution in [3.63, 3.8) is 0 Å². The number of furan rings is 1. The molecule has 2 heterocycles.